The third-order valence-corrected chi connectivity index (χ3v) is 2.80. The number of rotatable bonds is 7. The highest BCUT2D eigenvalue weighted by Gasteiger charge is 2.21. The van der Waals surface area contributed by atoms with Gasteiger partial charge in [-0.15, -0.1) is 0 Å². The second-order valence-corrected chi connectivity index (χ2v) is 4.27. The third-order valence-electron chi connectivity index (χ3n) is 2.80. The Morgan fingerprint density at radius 2 is 2.11 bits per heavy atom. The van der Waals surface area contributed by atoms with Crippen molar-refractivity contribution in [3.63, 3.8) is 0 Å². The molecular formula is C13H18N2O4. The summed E-state index contributed by atoms with van der Waals surface area (Å²) in [5.41, 5.74) is 0.532. The van der Waals surface area contributed by atoms with Gasteiger partial charge in [-0.25, -0.2) is 0 Å². The van der Waals surface area contributed by atoms with Crippen LogP contribution in [0.4, 0.5) is 5.69 Å². The zero-order chi connectivity index (χ0) is 14.3. The van der Waals surface area contributed by atoms with Gasteiger partial charge < -0.3 is 10.4 Å². The van der Waals surface area contributed by atoms with Crippen molar-refractivity contribution in [1.29, 1.82) is 0 Å². The number of aliphatic hydroxyl groups excluding tert-OH is 1. The van der Waals surface area contributed by atoms with Crippen LogP contribution in [0.3, 0.4) is 0 Å². The molecule has 1 aromatic carbocycles. The number of amides is 1. The molecule has 0 saturated carbocycles. The number of unbranched alkanes of at least 4 members (excludes halogenated alkanes) is 2. The maximum absolute atomic E-state index is 12.0. The number of nitro groups is 1. The first-order valence-electron chi connectivity index (χ1n) is 6.21. The molecule has 104 valence electrons. The normalized spacial score (nSPS) is 10.2. The number of nitrogens with zero attached hydrogens (tertiary/aromatic N) is 1. The van der Waals surface area contributed by atoms with Gasteiger partial charge in [0.05, 0.1) is 4.92 Å². The predicted octanol–water partition coefficient (Wildman–Crippen LogP) is 1.80. The van der Waals surface area contributed by atoms with Crippen molar-refractivity contribution in [2.45, 2.75) is 26.2 Å². The highest BCUT2D eigenvalue weighted by atomic mass is 16.6. The Morgan fingerprint density at radius 1 is 1.37 bits per heavy atom. The Morgan fingerprint density at radius 3 is 2.74 bits per heavy atom. The summed E-state index contributed by atoms with van der Waals surface area (Å²) in [6.45, 7) is 2.26. The predicted molar refractivity (Wildman–Crippen MR) is 71.1 cm³/mol. The summed E-state index contributed by atoms with van der Waals surface area (Å²) < 4.78 is 0. The number of aryl methyl sites for hydroxylation is 1. The van der Waals surface area contributed by atoms with Crippen molar-refractivity contribution in [1.82, 2.24) is 5.32 Å². The molecule has 0 spiro atoms. The van der Waals surface area contributed by atoms with E-state index in [0.717, 1.165) is 12.8 Å². The van der Waals surface area contributed by atoms with Gasteiger partial charge in [-0.1, -0.05) is 12.1 Å². The average molecular weight is 266 g/mol. The summed E-state index contributed by atoms with van der Waals surface area (Å²) in [4.78, 5) is 22.3. The maximum Gasteiger partial charge on any atom is 0.282 e. The molecule has 2 N–H and O–H groups in total. The summed E-state index contributed by atoms with van der Waals surface area (Å²) >= 11 is 0. The lowest BCUT2D eigenvalue weighted by Gasteiger charge is -2.08. The average Bonchev–Trinajstić information content (AvgIpc) is 2.37. The molecule has 6 nitrogen and oxygen atoms in total. The van der Waals surface area contributed by atoms with Gasteiger partial charge in [-0.3, -0.25) is 14.9 Å². The first-order valence-corrected chi connectivity index (χ1v) is 6.21. The Labute approximate surface area is 111 Å². The largest absolute Gasteiger partial charge is 0.396 e. The van der Waals surface area contributed by atoms with E-state index in [4.69, 9.17) is 5.11 Å². The molecule has 0 heterocycles. The molecule has 0 bridgehead atoms. The first-order chi connectivity index (χ1) is 9.07. The lowest BCUT2D eigenvalue weighted by molar-refractivity contribution is -0.385. The Balaban J connectivity index is 2.68. The summed E-state index contributed by atoms with van der Waals surface area (Å²) in [5, 5.41) is 22.2. The topological polar surface area (TPSA) is 92.5 Å². The molecule has 1 rings (SSSR count). The number of benzene rings is 1. The van der Waals surface area contributed by atoms with Gasteiger partial charge in [0.1, 0.15) is 5.56 Å². The van der Waals surface area contributed by atoms with Gasteiger partial charge in [0, 0.05) is 19.2 Å². The molecule has 0 unspecified atom stereocenters. The molecule has 1 amide bonds. The molecule has 0 aromatic heterocycles. The fraction of sp³-hybridized carbons (Fsp3) is 0.462. The molecule has 0 aliphatic carbocycles. The fourth-order valence-corrected chi connectivity index (χ4v) is 1.80. The van der Waals surface area contributed by atoms with Crippen LogP contribution in [0.5, 0.6) is 0 Å². The smallest absolute Gasteiger partial charge is 0.282 e. The number of carbonyl (C=O) groups is 1. The van der Waals surface area contributed by atoms with Crippen LogP contribution in [0.15, 0.2) is 18.2 Å². The number of nitrogens with one attached hydrogen (secondary N) is 1. The summed E-state index contributed by atoms with van der Waals surface area (Å²) in [6, 6.07) is 4.56. The van der Waals surface area contributed by atoms with E-state index in [2.05, 4.69) is 5.32 Å². The van der Waals surface area contributed by atoms with Crippen molar-refractivity contribution in [2.75, 3.05) is 13.2 Å². The van der Waals surface area contributed by atoms with Crippen molar-refractivity contribution >= 4 is 11.6 Å². The molecule has 0 fully saturated rings. The summed E-state index contributed by atoms with van der Waals surface area (Å²) in [5.74, 6) is -0.422. The van der Waals surface area contributed by atoms with E-state index in [9.17, 15) is 14.9 Å². The lowest BCUT2D eigenvalue weighted by atomic mass is 10.1. The van der Waals surface area contributed by atoms with Crippen LogP contribution in [0, 0.1) is 17.0 Å². The minimum atomic E-state index is -0.548. The number of hydrogen-bond acceptors (Lipinski definition) is 4. The van der Waals surface area contributed by atoms with Crippen LogP contribution in [0.25, 0.3) is 0 Å². The van der Waals surface area contributed by atoms with E-state index in [1.54, 1.807) is 19.1 Å². The molecule has 0 aliphatic heterocycles. The van der Waals surface area contributed by atoms with Crippen molar-refractivity contribution < 1.29 is 14.8 Å². The van der Waals surface area contributed by atoms with E-state index in [1.165, 1.54) is 6.07 Å². The number of aliphatic hydroxyl groups is 1. The minimum absolute atomic E-state index is 0.120. The quantitative estimate of drug-likeness (QED) is 0.447. The van der Waals surface area contributed by atoms with Gasteiger partial charge in [-0.2, -0.15) is 0 Å². The van der Waals surface area contributed by atoms with Crippen LogP contribution in [0.2, 0.25) is 0 Å². The molecule has 0 atom stereocenters. The molecule has 19 heavy (non-hydrogen) atoms. The van der Waals surface area contributed by atoms with Gasteiger partial charge >= 0.3 is 0 Å². The number of hydrogen-bond donors (Lipinski definition) is 2. The summed E-state index contributed by atoms with van der Waals surface area (Å²) in [7, 11) is 0. The zero-order valence-corrected chi connectivity index (χ0v) is 10.9. The van der Waals surface area contributed by atoms with Gasteiger partial charge in [0.2, 0.25) is 0 Å². The van der Waals surface area contributed by atoms with E-state index < -0.39 is 10.8 Å². The molecule has 1 aromatic rings. The lowest BCUT2D eigenvalue weighted by Crippen LogP contribution is -2.26. The third kappa shape index (κ3) is 4.33. The molecule has 0 radical (unpaired) electrons. The van der Waals surface area contributed by atoms with Crippen LogP contribution in [-0.2, 0) is 0 Å². The van der Waals surface area contributed by atoms with Gasteiger partial charge in [-0.05, 0) is 31.7 Å². The Kier molecular flexibility index (Phi) is 5.95. The second kappa shape index (κ2) is 7.48. The highest BCUT2D eigenvalue weighted by Crippen LogP contribution is 2.21. The van der Waals surface area contributed by atoms with E-state index in [0.29, 0.717) is 18.5 Å². The maximum atomic E-state index is 12.0. The second-order valence-electron chi connectivity index (χ2n) is 4.27. The van der Waals surface area contributed by atoms with Gasteiger partial charge in [0.25, 0.3) is 11.6 Å². The van der Waals surface area contributed by atoms with Crippen molar-refractivity contribution in [3.05, 3.63) is 39.4 Å². The fourth-order valence-electron chi connectivity index (χ4n) is 1.80. The van der Waals surface area contributed by atoms with E-state index >= 15 is 0 Å². The van der Waals surface area contributed by atoms with Gasteiger partial charge in [0.15, 0.2) is 0 Å². The summed E-state index contributed by atoms with van der Waals surface area (Å²) in [6.07, 6.45) is 2.25. The van der Waals surface area contributed by atoms with Crippen molar-refractivity contribution in [2.24, 2.45) is 0 Å². The molecule has 0 aliphatic rings. The van der Waals surface area contributed by atoms with Crippen LogP contribution >= 0.6 is 0 Å². The number of nitro benzene ring substituents is 1. The number of carbonyl (C=O) groups excluding carboxylic acids is 1. The van der Waals surface area contributed by atoms with E-state index in [1.807, 2.05) is 0 Å². The van der Waals surface area contributed by atoms with Crippen LogP contribution in [0.1, 0.15) is 35.2 Å². The SMILES string of the molecule is Cc1cccc([N+](=O)[O-])c1C(=O)NCCCCCO. The van der Waals surface area contributed by atoms with E-state index in [-0.39, 0.29) is 17.9 Å². The molecule has 6 heteroatoms. The minimum Gasteiger partial charge on any atom is -0.396 e. The van der Waals surface area contributed by atoms with Crippen molar-refractivity contribution in [3.8, 4) is 0 Å². The standard InChI is InChI=1S/C13H18N2O4/c1-10-6-5-7-11(15(18)19)12(10)13(17)14-8-3-2-4-9-16/h5-7,16H,2-4,8-9H2,1H3,(H,14,17). The van der Waals surface area contributed by atoms with Crippen LogP contribution < -0.4 is 5.32 Å². The zero-order valence-electron chi connectivity index (χ0n) is 10.9. The molecular weight excluding hydrogens is 248 g/mol. The van der Waals surface area contributed by atoms with Crippen LogP contribution in [-0.4, -0.2) is 29.1 Å². The monoisotopic (exact) mass is 266 g/mol. The Bertz CT molecular complexity index is 460. The first kappa shape index (κ1) is 15.1. The Hall–Kier alpha value is -1.95. The highest BCUT2D eigenvalue weighted by molar-refractivity contribution is 5.99. The molecule has 0 saturated heterocycles.